The molecule has 2 rings (SSSR count). The Morgan fingerprint density at radius 2 is 2.18 bits per heavy atom. The predicted molar refractivity (Wildman–Crippen MR) is 92.1 cm³/mol. The number of hydrogen-bond donors (Lipinski definition) is 2. The molecule has 0 radical (unpaired) electrons. The van der Waals surface area contributed by atoms with E-state index in [9.17, 15) is 4.79 Å². The molecule has 0 bridgehead atoms. The molecule has 2 aromatic rings. The van der Waals surface area contributed by atoms with Crippen molar-refractivity contribution in [1.29, 1.82) is 0 Å². The largest absolute Gasteiger partial charge is 0.348 e. The first-order valence-corrected chi connectivity index (χ1v) is 8.41. The fraction of sp³-hybridized carbons (Fsp3) is 0.412. The second kappa shape index (κ2) is 7.51. The first-order valence-electron chi connectivity index (χ1n) is 7.53. The van der Waals surface area contributed by atoms with Crippen molar-refractivity contribution in [3.05, 3.63) is 40.2 Å². The summed E-state index contributed by atoms with van der Waals surface area (Å²) in [4.78, 5) is 16.9. The van der Waals surface area contributed by atoms with Crippen molar-refractivity contribution in [2.75, 3.05) is 6.54 Å². The summed E-state index contributed by atoms with van der Waals surface area (Å²) in [6.45, 7) is 6.68. The summed E-state index contributed by atoms with van der Waals surface area (Å²) in [6, 6.07) is 7.57. The van der Waals surface area contributed by atoms with Crippen LogP contribution in [0.4, 0.5) is 0 Å². The minimum Gasteiger partial charge on any atom is -0.348 e. The number of nitrogens with zero attached hydrogens (tertiary/aromatic N) is 1. The molecule has 0 saturated heterocycles. The smallest absolute Gasteiger partial charge is 0.251 e. The molecule has 1 atom stereocenters. The summed E-state index contributed by atoms with van der Waals surface area (Å²) in [6.07, 6.45) is 0.882. The highest BCUT2D eigenvalue weighted by molar-refractivity contribution is 7.09. The Hall–Kier alpha value is -1.72. The normalized spacial score (nSPS) is 12.4. The number of carbonyl (C=O) groups is 1. The lowest BCUT2D eigenvalue weighted by atomic mass is 10.0. The van der Waals surface area contributed by atoms with Crippen molar-refractivity contribution < 1.29 is 4.79 Å². The number of amides is 1. The van der Waals surface area contributed by atoms with Gasteiger partial charge in [0.1, 0.15) is 0 Å². The molecular weight excluding hydrogens is 294 g/mol. The average Bonchev–Trinajstić information content (AvgIpc) is 2.92. The molecule has 4 nitrogen and oxygen atoms in total. The van der Waals surface area contributed by atoms with Gasteiger partial charge in [-0.1, -0.05) is 26.0 Å². The summed E-state index contributed by atoms with van der Waals surface area (Å²) < 4.78 is 0. The van der Waals surface area contributed by atoms with E-state index in [1.165, 1.54) is 0 Å². The van der Waals surface area contributed by atoms with Gasteiger partial charge in [0.2, 0.25) is 0 Å². The molecule has 5 heteroatoms. The maximum absolute atomic E-state index is 12.4. The molecule has 0 aliphatic rings. The topological polar surface area (TPSA) is 68.0 Å². The van der Waals surface area contributed by atoms with Gasteiger partial charge < -0.3 is 11.1 Å². The highest BCUT2D eigenvalue weighted by Gasteiger charge is 2.14. The van der Waals surface area contributed by atoms with Gasteiger partial charge in [-0.15, -0.1) is 11.3 Å². The van der Waals surface area contributed by atoms with Gasteiger partial charge in [0, 0.05) is 29.1 Å². The Labute approximate surface area is 135 Å². The van der Waals surface area contributed by atoms with Gasteiger partial charge in [-0.2, -0.15) is 0 Å². The number of nitrogens with one attached hydrogen (secondary N) is 1. The van der Waals surface area contributed by atoms with Gasteiger partial charge in [-0.25, -0.2) is 4.98 Å². The molecule has 1 amide bonds. The number of hydrogen-bond acceptors (Lipinski definition) is 4. The van der Waals surface area contributed by atoms with Crippen LogP contribution in [-0.2, 0) is 0 Å². The molecule has 0 fully saturated rings. The van der Waals surface area contributed by atoms with Crippen LogP contribution in [0.25, 0.3) is 11.3 Å². The SMILES string of the molecule is Cc1nc(-c2cccc(C(=O)NC(CN)CC(C)C)c2)cs1. The van der Waals surface area contributed by atoms with Gasteiger partial charge in [0.25, 0.3) is 5.91 Å². The van der Waals surface area contributed by atoms with Crippen LogP contribution >= 0.6 is 11.3 Å². The van der Waals surface area contributed by atoms with Crippen molar-refractivity contribution in [1.82, 2.24) is 10.3 Å². The van der Waals surface area contributed by atoms with Crippen LogP contribution in [0.3, 0.4) is 0 Å². The van der Waals surface area contributed by atoms with Crippen LogP contribution in [0.2, 0.25) is 0 Å². The zero-order valence-electron chi connectivity index (χ0n) is 13.3. The molecule has 1 unspecified atom stereocenters. The summed E-state index contributed by atoms with van der Waals surface area (Å²) >= 11 is 1.61. The minimum atomic E-state index is -0.0788. The van der Waals surface area contributed by atoms with Gasteiger partial charge in [-0.05, 0) is 31.4 Å². The Morgan fingerprint density at radius 3 is 2.77 bits per heavy atom. The van der Waals surface area contributed by atoms with Crippen LogP contribution in [0.5, 0.6) is 0 Å². The van der Waals surface area contributed by atoms with Crippen molar-refractivity contribution >= 4 is 17.2 Å². The van der Waals surface area contributed by atoms with Crippen molar-refractivity contribution in [2.45, 2.75) is 33.2 Å². The van der Waals surface area contributed by atoms with E-state index in [0.29, 0.717) is 18.0 Å². The first-order chi connectivity index (χ1) is 10.5. The van der Waals surface area contributed by atoms with Crippen LogP contribution in [-0.4, -0.2) is 23.5 Å². The average molecular weight is 317 g/mol. The van der Waals surface area contributed by atoms with Crippen LogP contribution in [0.15, 0.2) is 29.6 Å². The van der Waals surface area contributed by atoms with Crippen molar-refractivity contribution in [3.8, 4) is 11.3 Å². The van der Waals surface area contributed by atoms with E-state index >= 15 is 0 Å². The number of carbonyl (C=O) groups excluding carboxylic acids is 1. The molecule has 1 aromatic carbocycles. The first kappa shape index (κ1) is 16.6. The lowest BCUT2D eigenvalue weighted by Gasteiger charge is -2.19. The second-order valence-corrected chi connectivity index (χ2v) is 6.93. The minimum absolute atomic E-state index is 0.0117. The maximum Gasteiger partial charge on any atom is 0.251 e. The van der Waals surface area contributed by atoms with E-state index in [0.717, 1.165) is 22.7 Å². The molecule has 1 heterocycles. The van der Waals surface area contributed by atoms with E-state index in [2.05, 4.69) is 24.1 Å². The number of benzene rings is 1. The van der Waals surface area contributed by atoms with E-state index in [1.807, 2.05) is 36.6 Å². The molecule has 0 spiro atoms. The summed E-state index contributed by atoms with van der Waals surface area (Å²) in [5, 5.41) is 6.04. The summed E-state index contributed by atoms with van der Waals surface area (Å²) in [7, 11) is 0. The highest BCUT2D eigenvalue weighted by atomic mass is 32.1. The van der Waals surface area contributed by atoms with Crippen LogP contribution in [0.1, 0.15) is 35.6 Å². The number of thiazole rings is 1. The third-order valence-electron chi connectivity index (χ3n) is 3.42. The maximum atomic E-state index is 12.4. The second-order valence-electron chi connectivity index (χ2n) is 5.87. The number of aryl methyl sites for hydroxylation is 1. The number of nitrogens with two attached hydrogens (primary N) is 1. The molecule has 0 aliphatic carbocycles. The Balaban J connectivity index is 2.13. The lowest BCUT2D eigenvalue weighted by Crippen LogP contribution is -2.41. The standard InChI is InChI=1S/C17H23N3OS/c1-11(2)7-15(9-18)20-17(21)14-6-4-5-13(8-14)16-10-22-12(3)19-16/h4-6,8,10-11,15H,7,9,18H2,1-3H3,(H,20,21). The Bertz CT molecular complexity index is 636. The molecule has 0 saturated carbocycles. The fourth-order valence-electron chi connectivity index (χ4n) is 2.37. The van der Waals surface area contributed by atoms with Crippen LogP contribution < -0.4 is 11.1 Å². The molecule has 3 N–H and O–H groups in total. The predicted octanol–water partition coefficient (Wildman–Crippen LogP) is 3.22. The quantitative estimate of drug-likeness (QED) is 0.859. The molecule has 118 valence electrons. The van der Waals surface area contributed by atoms with E-state index in [4.69, 9.17) is 5.73 Å². The number of rotatable bonds is 6. The molecule has 0 aliphatic heterocycles. The number of aromatic nitrogens is 1. The van der Waals surface area contributed by atoms with Crippen LogP contribution in [0, 0.1) is 12.8 Å². The monoisotopic (exact) mass is 317 g/mol. The highest BCUT2D eigenvalue weighted by Crippen LogP contribution is 2.22. The third kappa shape index (κ3) is 4.39. The van der Waals surface area contributed by atoms with Gasteiger partial charge >= 0.3 is 0 Å². The lowest BCUT2D eigenvalue weighted by molar-refractivity contribution is 0.0934. The zero-order chi connectivity index (χ0) is 16.1. The molecular formula is C17H23N3OS. The van der Waals surface area contributed by atoms with Gasteiger partial charge in [-0.3, -0.25) is 4.79 Å². The van der Waals surface area contributed by atoms with Crippen molar-refractivity contribution in [3.63, 3.8) is 0 Å². The fourth-order valence-corrected chi connectivity index (χ4v) is 2.99. The Kier molecular flexibility index (Phi) is 5.69. The van der Waals surface area contributed by atoms with E-state index in [1.54, 1.807) is 11.3 Å². The molecule has 1 aromatic heterocycles. The van der Waals surface area contributed by atoms with E-state index in [-0.39, 0.29) is 11.9 Å². The summed E-state index contributed by atoms with van der Waals surface area (Å²) in [5.74, 6) is 0.420. The molecule has 22 heavy (non-hydrogen) atoms. The van der Waals surface area contributed by atoms with Gasteiger partial charge in [0.15, 0.2) is 0 Å². The van der Waals surface area contributed by atoms with Crippen molar-refractivity contribution in [2.24, 2.45) is 11.7 Å². The zero-order valence-corrected chi connectivity index (χ0v) is 14.1. The van der Waals surface area contributed by atoms with E-state index < -0.39 is 0 Å². The Morgan fingerprint density at radius 1 is 1.41 bits per heavy atom. The summed E-state index contributed by atoms with van der Waals surface area (Å²) in [5.41, 5.74) is 8.27. The van der Waals surface area contributed by atoms with Gasteiger partial charge in [0.05, 0.1) is 10.7 Å². The third-order valence-corrected chi connectivity index (χ3v) is 4.19.